The van der Waals surface area contributed by atoms with Crippen molar-refractivity contribution >= 4 is 33.9 Å². The third-order valence-electron chi connectivity index (χ3n) is 8.10. The Labute approximate surface area is 228 Å². The van der Waals surface area contributed by atoms with Gasteiger partial charge >= 0.3 is 0 Å². The highest BCUT2D eigenvalue weighted by atomic mass is 16.3. The van der Waals surface area contributed by atoms with E-state index in [0.29, 0.717) is 18.3 Å². The van der Waals surface area contributed by atoms with Crippen LogP contribution in [-0.2, 0) is 0 Å². The minimum atomic E-state index is -0.331. The molecule has 7 rings (SSSR count). The van der Waals surface area contributed by atoms with E-state index >= 15 is 0 Å². The molecule has 2 aliphatic heterocycles. The second-order valence-electron chi connectivity index (χ2n) is 11.1. The Hall–Kier alpha value is -3.82. The van der Waals surface area contributed by atoms with Crippen LogP contribution >= 0.6 is 0 Å². The molecule has 1 saturated carbocycles. The fourth-order valence-electron chi connectivity index (χ4n) is 5.72. The predicted octanol–water partition coefficient (Wildman–Crippen LogP) is 4.03. The quantitative estimate of drug-likeness (QED) is 0.389. The molecule has 0 bridgehead atoms. The molecule has 3 fully saturated rings. The van der Waals surface area contributed by atoms with Gasteiger partial charge in [0.2, 0.25) is 0 Å². The second-order valence-corrected chi connectivity index (χ2v) is 11.1. The highest BCUT2D eigenvalue weighted by Crippen LogP contribution is 2.45. The van der Waals surface area contributed by atoms with Crippen LogP contribution < -0.4 is 15.1 Å². The van der Waals surface area contributed by atoms with Gasteiger partial charge in [-0.05, 0) is 68.1 Å². The molecule has 0 radical (unpaired) electrons. The Morgan fingerprint density at radius 2 is 1.79 bits per heavy atom. The fourth-order valence-corrected chi connectivity index (χ4v) is 5.72. The Balaban J connectivity index is 1.21. The Bertz CT molecular complexity index is 1500. The number of aliphatic hydroxyl groups excluding tert-OH is 1. The minimum Gasteiger partial charge on any atom is -0.391 e. The zero-order chi connectivity index (χ0) is 26.3. The third kappa shape index (κ3) is 4.99. The first-order valence-electron chi connectivity index (χ1n) is 14.0. The molecule has 5 heterocycles. The molecule has 2 saturated heterocycles. The van der Waals surface area contributed by atoms with Crippen LogP contribution in [0.25, 0.3) is 22.3 Å². The molecule has 0 spiro atoms. The number of likely N-dealkylation sites (N-methyl/N-ethyl adjacent to an activating group) is 1. The number of hydrogen-bond donors (Lipinski definition) is 2. The van der Waals surface area contributed by atoms with E-state index in [-0.39, 0.29) is 6.10 Å². The van der Waals surface area contributed by atoms with Gasteiger partial charge in [0.15, 0.2) is 5.82 Å². The zero-order valence-corrected chi connectivity index (χ0v) is 22.3. The molecule has 4 aromatic rings. The van der Waals surface area contributed by atoms with Crippen LogP contribution in [0.2, 0.25) is 0 Å². The van der Waals surface area contributed by atoms with E-state index < -0.39 is 0 Å². The van der Waals surface area contributed by atoms with Crippen LogP contribution in [0.1, 0.15) is 30.7 Å². The van der Waals surface area contributed by atoms with Crippen LogP contribution in [0, 0.1) is 0 Å². The first-order chi connectivity index (χ1) is 19.1. The molecule has 9 heteroatoms. The molecule has 39 heavy (non-hydrogen) atoms. The van der Waals surface area contributed by atoms with Gasteiger partial charge in [0, 0.05) is 74.0 Å². The van der Waals surface area contributed by atoms with Crippen molar-refractivity contribution in [3.63, 3.8) is 0 Å². The maximum absolute atomic E-state index is 10.3. The molecule has 3 aliphatic rings. The van der Waals surface area contributed by atoms with Crippen molar-refractivity contribution in [2.45, 2.75) is 31.3 Å². The van der Waals surface area contributed by atoms with E-state index in [4.69, 9.17) is 9.97 Å². The summed E-state index contributed by atoms with van der Waals surface area (Å²) in [7, 11) is 2.17. The molecule has 1 atom stereocenters. The standard InChI is InChI=1S/C30H34N8O/c1-36-11-13-37(14-12-36)23-4-2-3-22(16-23)33-27-15-21(7-9-32-27)29-34-26-18-31-17-25(20-5-6-20)28(26)30(35-29)38-10-8-24(39)19-38/h2-4,7,9,15-18,20,24,39H,5-6,8,10-14,19H2,1H3,(H,32,33). The summed E-state index contributed by atoms with van der Waals surface area (Å²) in [6, 6.07) is 12.5. The van der Waals surface area contributed by atoms with Crippen LogP contribution in [0.3, 0.4) is 0 Å². The van der Waals surface area contributed by atoms with Gasteiger partial charge in [-0.3, -0.25) is 4.98 Å². The third-order valence-corrected chi connectivity index (χ3v) is 8.10. The Morgan fingerprint density at radius 3 is 2.59 bits per heavy atom. The molecular formula is C30H34N8O. The lowest BCUT2D eigenvalue weighted by Gasteiger charge is -2.34. The Kier molecular flexibility index (Phi) is 6.25. The maximum Gasteiger partial charge on any atom is 0.162 e. The largest absolute Gasteiger partial charge is 0.391 e. The van der Waals surface area contributed by atoms with Crippen molar-refractivity contribution in [1.29, 1.82) is 0 Å². The first kappa shape index (κ1) is 24.2. The molecule has 1 aromatic carbocycles. The molecule has 9 nitrogen and oxygen atoms in total. The summed E-state index contributed by atoms with van der Waals surface area (Å²) < 4.78 is 0. The highest BCUT2D eigenvalue weighted by Gasteiger charge is 2.31. The smallest absolute Gasteiger partial charge is 0.162 e. The van der Waals surface area contributed by atoms with Crippen LogP contribution in [-0.4, -0.2) is 82.4 Å². The maximum atomic E-state index is 10.3. The number of benzene rings is 1. The van der Waals surface area contributed by atoms with Gasteiger partial charge in [-0.2, -0.15) is 0 Å². The van der Waals surface area contributed by atoms with Crippen molar-refractivity contribution in [2.24, 2.45) is 0 Å². The summed E-state index contributed by atoms with van der Waals surface area (Å²) in [5.74, 6) is 2.82. The van der Waals surface area contributed by atoms with Crippen molar-refractivity contribution in [2.75, 3.05) is 61.4 Å². The number of aromatic nitrogens is 4. The molecular weight excluding hydrogens is 488 g/mol. The van der Waals surface area contributed by atoms with Crippen LogP contribution in [0.4, 0.5) is 23.0 Å². The number of hydrogen-bond acceptors (Lipinski definition) is 9. The van der Waals surface area contributed by atoms with Crippen molar-refractivity contribution < 1.29 is 5.11 Å². The van der Waals surface area contributed by atoms with E-state index in [2.05, 4.69) is 61.3 Å². The van der Waals surface area contributed by atoms with E-state index in [1.54, 1.807) is 6.20 Å². The summed E-state index contributed by atoms with van der Waals surface area (Å²) in [5, 5.41) is 14.9. The average molecular weight is 523 g/mol. The summed E-state index contributed by atoms with van der Waals surface area (Å²) >= 11 is 0. The van der Waals surface area contributed by atoms with Gasteiger partial charge < -0.3 is 25.1 Å². The number of anilines is 4. The molecule has 3 aromatic heterocycles. The van der Waals surface area contributed by atoms with Crippen LogP contribution in [0.5, 0.6) is 0 Å². The lowest BCUT2D eigenvalue weighted by atomic mass is 10.1. The summed E-state index contributed by atoms with van der Waals surface area (Å²) in [5.41, 5.74) is 5.20. The van der Waals surface area contributed by atoms with Crippen LogP contribution in [0.15, 0.2) is 55.0 Å². The summed E-state index contributed by atoms with van der Waals surface area (Å²) in [6.07, 6.45) is 8.40. The van der Waals surface area contributed by atoms with E-state index in [9.17, 15) is 5.11 Å². The molecule has 1 aliphatic carbocycles. The number of nitrogens with one attached hydrogen (secondary N) is 1. The number of piperazine rings is 1. The molecule has 0 amide bonds. The number of nitrogens with zero attached hydrogens (tertiary/aromatic N) is 7. The zero-order valence-electron chi connectivity index (χ0n) is 22.3. The SMILES string of the molecule is CN1CCN(c2cccc(Nc3cc(-c4nc(N5CCC(O)C5)c5c(C6CC6)cncc5n4)ccn3)c2)CC1. The van der Waals surface area contributed by atoms with Crippen molar-refractivity contribution in [1.82, 2.24) is 24.8 Å². The van der Waals surface area contributed by atoms with Gasteiger partial charge in [0.05, 0.1) is 17.8 Å². The van der Waals surface area contributed by atoms with E-state index in [1.165, 1.54) is 24.1 Å². The molecule has 1 unspecified atom stereocenters. The number of β-amino-alcohol motifs (C(OH)–C–C–N with tert-alkyl or cyclic N) is 1. The summed E-state index contributed by atoms with van der Waals surface area (Å²) in [6.45, 7) is 5.57. The topological polar surface area (TPSA) is 93.5 Å². The highest BCUT2D eigenvalue weighted by molar-refractivity contribution is 5.94. The second kappa shape index (κ2) is 10.1. The normalized spacial score (nSPS) is 20.1. The monoisotopic (exact) mass is 522 g/mol. The number of fused-ring (bicyclic) bond motifs is 1. The number of aliphatic hydroxyl groups is 1. The minimum absolute atomic E-state index is 0.331. The van der Waals surface area contributed by atoms with Gasteiger partial charge in [-0.1, -0.05) is 6.07 Å². The number of rotatable bonds is 6. The van der Waals surface area contributed by atoms with Gasteiger partial charge in [0.25, 0.3) is 0 Å². The van der Waals surface area contributed by atoms with E-state index in [0.717, 1.165) is 72.9 Å². The van der Waals surface area contributed by atoms with Crippen molar-refractivity contribution in [3.8, 4) is 11.4 Å². The lowest BCUT2D eigenvalue weighted by molar-refractivity contribution is 0.198. The van der Waals surface area contributed by atoms with Gasteiger partial charge in [-0.15, -0.1) is 0 Å². The fraction of sp³-hybridized carbons (Fsp3) is 0.400. The Morgan fingerprint density at radius 1 is 0.923 bits per heavy atom. The first-order valence-corrected chi connectivity index (χ1v) is 14.0. The van der Waals surface area contributed by atoms with Gasteiger partial charge in [0.1, 0.15) is 11.6 Å². The average Bonchev–Trinajstić information content (AvgIpc) is 3.72. The summed E-state index contributed by atoms with van der Waals surface area (Å²) in [4.78, 5) is 26.2. The van der Waals surface area contributed by atoms with Crippen molar-refractivity contribution in [3.05, 3.63) is 60.6 Å². The number of pyridine rings is 2. The van der Waals surface area contributed by atoms with Gasteiger partial charge in [-0.25, -0.2) is 15.0 Å². The van der Waals surface area contributed by atoms with E-state index in [1.807, 2.05) is 24.5 Å². The predicted molar refractivity (Wildman–Crippen MR) is 155 cm³/mol. The lowest BCUT2D eigenvalue weighted by Crippen LogP contribution is -2.44. The molecule has 2 N–H and O–H groups in total. The molecule has 200 valence electrons.